The van der Waals surface area contributed by atoms with Crippen LogP contribution < -0.4 is 0 Å². The number of hydrogen-bond donors (Lipinski definition) is 3. The summed E-state index contributed by atoms with van der Waals surface area (Å²) in [6.07, 6.45) is 3.64. The fourth-order valence-corrected chi connectivity index (χ4v) is 8.77. The van der Waals surface area contributed by atoms with Gasteiger partial charge in [0.2, 0.25) is 5.78 Å². The average molecular weight is 577 g/mol. The van der Waals surface area contributed by atoms with Gasteiger partial charge in [0.05, 0.1) is 16.6 Å². The Kier molecular flexibility index (Phi) is 6.58. The zero-order chi connectivity index (χ0) is 29.5. The number of carbonyl (C=O) groups excluding carboxylic acids is 3. The van der Waals surface area contributed by atoms with Crippen molar-refractivity contribution < 1.29 is 46.7 Å². The number of aliphatic hydroxyl groups excluding tert-OH is 1. The number of fused-ring (bicyclic) bond motifs is 5. The fraction of sp³-hybridized carbons (Fsp3) is 0.552. The quantitative estimate of drug-likeness (QED) is 0.354. The molecule has 0 amide bonds. The van der Waals surface area contributed by atoms with Crippen LogP contribution in [0.3, 0.4) is 0 Å². The van der Waals surface area contributed by atoms with Crippen molar-refractivity contribution in [2.24, 2.45) is 28.6 Å². The molecule has 8 atom stereocenters. The average Bonchev–Trinajstić information content (AvgIpc) is 3.09. The molecular formula is C29H33FO9S. The van der Waals surface area contributed by atoms with Crippen LogP contribution in [0.4, 0.5) is 4.39 Å². The minimum Gasteiger partial charge on any atom is -0.454 e. The highest BCUT2D eigenvalue weighted by molar-refractivity contribution is 7.85. The van der Waals surface area contributed by atoms with Gasteiger partial charge in [0.15, 0.2) is 18.1 Å². The van der Waals surface area contributed by atoms with Gasteiger partial charge in [-0.05, 0) is 74.8 Å². The van der Waals surface area contributed by atoms with Gasteiger partial charge in [-0.25, -0.2) is 9.18 Å². The number of esters is 1. The number of carbonyl (C=O) groups is 3. The molecule has 0 saturated heterocycles. The predicted octanol–water partition coefficient (Wildman–Crippen LogP) is 3.01. The Morgan fingerprint density at radius 3 is 2.58 bits per heavy atom. The van der Waals surface area contributed by atoms with E-state index in [-0.39, 0.29) is 17.8 Å². The normalized spacial score (nSPS) is 40.5. The van der Waals surface area contributed by atoms with Crippen molar-refractivity contribution >= 4 is 27.7 Å². The number of benzene rings is 1. The van der Waals surface area contributed by atoms with Gasteiger partial charge in [-0.15, -0.1) is 0 Å². The van der Waals surface area contributed by atoms with Crippen molar-refractivity contribution in [3.8, 4) is 0 Å². The summed E-state index contributed by atoms with van der Waals surface area (Å²) in [6.45, 7) is 4.22. The third kappa shape index (κ3) is 3.81. The van der Waals surface area contributed by atoms with E-state index >= 15 is 4.39 Å². The number of aliphatic hydroxyl groups is 2. The van der Waals surface area contributed by atoms with E-state index in [0.29, 0.717) is 24.8 Å². The van der Waals surface area contributed by atoms with Gasteiger partial charge >= 0.3 is 5.97 Å². The summed E-state index contributed by atoms with van der Waals surface area (Å²) in [7, 11) is -4.57. The first-order valence-corrected chi connectivity index (χ1v) is 14.8. The molecule has 0 heterocycles. The van der Waals surface area contributed by atoms with Gasteiger partial charge in [0.1, 0.15) is 5.60 Å². The Labute approximate surface area is 231 Å². The molecule has 4 aliphatic rings. The summed E-state index contributed by atoms with van der Waals surface area (Å²) in [4.78, 5) is 37.7. The highest BCUT2D eigenvalue weighted by atomic mass is 32.2. The summed E-state index contributed by atoms with van der Waals surface area (Å²) >= 11 is 0. The zero-order valence-corrected chi connectivity index (χ0v) is 23.3. The van der Waals surface area contributed by atoms with E-state index in [1.54, 1.807) is 20.8 Å². The number of Topliss-reactive ketones (excluding diaryl/α,β-unsaturated/α-hetero) is 1. The van der Waals surface area contributed by atoms with E-state index in [1.165, 1.54) is 30.4 Å². The van der Waals surface area contributed by atoms with Crippen LogP contribution in [0.2, 0.25) is 0 Å². The van der Waals surface area contributed by atoms with Crippen molar-refractivity contribution in [2.45, 2.75) is 68.7 Å². The summed E-state index contributed by atoms with van der Waals surface area (Å²) in [5.41, 5.74) is -6.17. The predicted molar refractivity (Wildman–Crippen MR) is 139 cm³/mol. The van der Waals surface area contributed by atoms with E-state index < -0.39 is 79.3 Å². The summed E-state index contributed by atoms with van der Waals surface area (Å²) in [5, 5.41) is 23.4. The minimum absolute atomic E-state index is 0.216. The smallest absolute Gasteiger partial charge is 0.338 e. The van der Waals surface area contributed by atoms with E-state index in [0.717, 1.165) is 12.1 Å². The second-order valence-electron chi connectivity index (χ2n) is 12.2. The van der Waals surface area contributed by atoms with Gasteiger partial charge < -0.3 is 14.9 Å². The number of alkyl halides is 1. The molecule has 3 N–H and O–H groups in total. The van der Waals surface area contributed by atoms with E-state index in [2.05, 4.69) is 0 Å². The van der Waals surface area contributed by atoms with Crippen LogP contribution in [-0.2, 0) is 24.4 Å². The Hall–Kier alpha value is -2.73. The highest BCUT2D eigenvalue weighted by Gasteiger charge is 2.75. The van der Waals surface area contributed by atoms with Crippen LogP contribution in [0, 0.1) is 28.6 Å². The van der Waals surface area contributed by atoms with Crippen LogP contribution in [-0.4, -0.2) is 64.7 Å². The first kappa shape index (κ1) is 28.8. The van der Waals surface area contributed by atoms with Crippen molar-refractivity contribution in [3.63, 3.8) is 0 Å². The lowest BCUT2D eigenvalue weighted by atomic mass is 9.44. The second kappa shape index (κ2) is 9.14. The maximum absolute atomic E-state index is 17.3. The number of ether oxygens (including phenoxy) is 1. The van der Waals surface area contributed by atoms with Gasteiger partial charge in [-0.3, -0.25) is 14.1 Å². The van der Waals surface area contributed by atoms with Crippen LogP contribution in [0.15, 0.2) is 53.0 Å². The molecule has 0 aromatic heterocycles. The van der Waals surface area contributed by atoms with Crippen LogP contribution in [0.25, 0.3) is 0 Å². The first-order valence-electron chi connectivity index (χ1n) is 13.3. The number of rotatable bonds is 5. The van der Waals surface area contributed by atoms with E-state index in [4.69, 9.17) is 4.74 Å². The molecule has 5 rings (SSSR count). The van der Waals surface area contributed by atoms with E-state index in [9.17, 15) is 37.6 Å². The molecule has 1 aromatic carbocycles. The number of halogens is 1. The van der Waals surface area contributed by atoms with Crippen molar-refractivity contribution in [3.05, 3.63) is 53.6 Å². The SMILES string of the molecule is C[C@@H]1C[C@@H]2[C@H]3CCC4=CC(=O)C=C[C@]4(C)[C@]3(F)[C@H](O)C[C@]2(C)[C@]1(O)C(=O)COC(=O)c1cccc(S(=O)(=O)O)c1. The van der Waals surface area contributed by atoms with Crippen molar-refractivity contribution in [1.82, 2.24) is 0 Å². The first-order chi connectivity index (χ1) is 18.5. The fourth-order valence-electron chi connectivity index (χ4n) is 8.25. The molecule has 11 heteroatoms. The van der Waals surface area contributed by atoms with Crippen LogP contribution >= 0.6 is 0 Å². The minimum atomic E-state index is -4.57. The largest absolute Gasteiger partial charge is 0.454 e. The molecular weight excluding hydrogens is 543 g/mol. The molecule has 0 unspecified atom stereocenters. The van der Waals surface area contributed by atoms with E-state index in [1.807, 2.05) is 0 Å². The van der Waals surface area contributed by atoms with Crippen molar-refractivity contribution in [2.75, 3.05) is 6.61 Å². The van der Waals surface area contributed by atoms with Crippen LogP contribution in [0.1, 0.15) is 56.8 Å². The lowest BCUT2D eigenvalue weighted by molar-refractivity contribution is -0.219. The molecule has 9 nitrogen and oxygen atoms in total. The standard InChI is InChI=1S/C29H33FO9S/c1-16-11-22-21-8-7-18-13-19(31)9-10-26(18,2)28(21,30)23(32)14-27(22,3)29(16,35)24(33)15-39-25(34)17-5-4-6-20(12-17)40(36,37)38/h4-6,9-10,12-13,16,21-23,32,35H,7-8,11,14-15H2,1-3H3,(H,36,37,38)/t16-,21-,22-,23-,26+,27+,28-,29-/m1/s1. The number of allylic oxidation sites excluding steroid dienone is 4. The molecule has 1 aromatic rings. The van der Waals surface area contributed by atoms with Crippen LogP contribution in [0.5, 0.6) is 0 Å². The molecule has 0 aliphatic heterocycles. The third-order valence-electron chi connectivity index (χ3n) is 10.3. The maximum Gasteiger partial charge on any atom is 0.338 e. The van der Waals surface area contributed by atoms with Gasteiger partial charge in [0.25, 0.3) is 10.1 Å². The second-order valence-corrected chi connectivity index (χ2v) is 13.6. The lowest BCUT2D eigenvalue weighted by Crippen LogP contribution is -2.69. The topological polar surface area (TPSA) is 155 Å². The monoisotopic (exact) mass is 576 g/mol. The zero-order valence-electron chi connectivity index (χ0n) is 22.5. The Morgan fingerprint density at radius 1 is 1.20 bits per heavy atom. The molecule has 3 fully saturated rings. The molecule has 4 aliphatic carbocycles. The number of hydrogen-bond acceptors (Lipinski definition) is 8. The van der Waals surface area contributed by atoms with Gasteiger partial charge in [-0.1, -0.05) is 31.6 Å². The lowest BCUT2D eigenvalue weighted by Gasteiger charge is -2.62. The van der Waals surface area contributed by atoms with Gasteiger partial charge in [0, 0.05) is 16.7 Å². The maximum atomic E-state index is 17.3. The highest BCUT2D eigenvalue weighted by Crippen LogP contribution is 2.70. The molecule has 0 bridgehead atoms. The molecule has 0 radical (unpaired) electrons. The summed E-state index contributed by atoms with van der Waals surface area (Å²) in [5.74, 6) is -3.86. The molecule has 0 spiro atoms. The Bertz CT molecular complexity index is 1470. The Balaban J connectivity index is 1.41. The molecule has 40 heavy (non-hydrogen) atoms. The Morgan fingerprint density at radius 2 is 1.90 bits per heavy atom. The number of ketones is 2. The molecule has 216 valence electrons. The van der Waals surface area contributed by atoms with Crippen molar-refractivity contribution in [1.29, 1.82) is 0 Å². The summed E-state index contributed by atoms with van der Waals surface area (Å²) < 4.78 is 54.4. The molecule has 3 saturated carbocycles. The van der Waals surface area contributed by atoms with Gasteiger partial charge in [-0.2, -0.15) is 8.42 Å². The third-order valence-corrected chi connectivity index (χ3v) is 11.2. The summed E-state index contributed by atoms with van der Waals surface area (Å²) in [6, 6.07) is 4.48.